The molecule has 0 atom stereocenters. The van der Waals surface area contributed by atoms with E-state index in [4.69, 9.17) is 5.26 Å². The molecular formula is C9H6F4N2O. The van der Waals surface area contributed by atoms with Gasteiger partial charge >= 0.3 is 12.3 Å². The Hall–Kier alpha value is -1.84. The quantitative estimate of drug-likeness (QED) is 0.750. The van der Waals surface area contributed by atoms with Crippen molar-refractivity contribution in [3.8, 4) is 11.9 Å². The molecule has 3 nitrogen and oxygen atoms in total. The Bertz CT molecular complexity index is 403. The van der Waals surface area contributed by atoms with Crippen LogP contribution in [0.1, 0.15) is 5.56 Å². The Balaban J connectivity index is 2.65. The fourth-order valence-electron chi connectivity index (χ4n) is 0.791. The Kier molecular flexibility index (Phi) is 3.66. The van der Waals surface area contributed by atoms with Gasteiger partial charge in [0.25, 0.3) is 0 Å². The molecule has 7 heteroatoms. The molecule has 0 saturated carbocycles. The van der Waals surface area contributed by atoms with Gasteiger partial charge in [0, 0.05) is 12.3 Å². The van der Waals surface area contributed by atoms with Crippen LogP contribution in [0, 0.1) is 11.3 Å². The summed E-state index contributed by atoms with van der Waals surface area (Å²) in [5.74, 6) is -4.52. The van der Waals surface area contributed by atoms with Gasteiger partial charge in [0.1, 0.15) is 0 Å². The van der Waals surface area contributed by atoms with Gasteiger partial charge < -0.3 is 4.74 Å². The minimum absolute atomic E-state index is 0.144. The highest BCUT2D eigenvalue weighted by Crippen LogP contribution is 2.23. The first kappa shape index (κ1) is 12.2. The first-order chi connectivity index (χ1) is 7.45. The molecule has 16 heavy (non-hydrogen) atoms. The van der Waals surface area contributed by atoms with Crippen molar-refractivity contribution in [1.29, 1.82) is 5.26 Å². The lowest BCUT2D eigenvalue weighted by Gasteiger charge is -2.15. The van der Waals surface area contributed by atoms with E-state index in [1.807, 2.05) is 0 Å². The monoisotopic (exact) mass is 234 g/mol. The average molecular weight is 234 g/mol. The predicted octanol–water partition coefficient (Wildman–Crippen LogP) is 2.23. The van der Waals surface area contributed by atoms with E-state index in [2.05, 4.69) is 9.72 Å². The molecular weight excluding hydrogens is 228 g/mol. The van der Waals surface area contributed by atoms with Gasteiger partial charge in [0.2, 0.25) is 5.88 Å². The standard InChI is InChI=1S/C9H6F4N2O/c10-8(11)9(12,13)5-16-7-3-6(4-14)1-2-15-7/h1-3,8H,5H2. The normalized spacial score (nSPS) is 11.2. The number of halogens is 4. The number of aromatic nitrogens is 1. The summed E-state index contributed by atoms with van der Waals surface area (Å²) in [5, 5.41) is 8.48. The topological polar surface area (TPSA) is 45.9 Å². The summed E-state index contributed by atoms with van der Waals surface area (Å²) in [7, 11) is 0. The largest absolute Gasteiger partial charge is 0.471 e. The third-order valence-electron chi connectivity index (χ3n) is 1.60. The van der Waals surface area contributed by atoms with Crippen LogP contribution >= 0.6 is 0 Å². The van der Waals surface area contributed by atoms with E-state index in [-0.39, 0.29) is 11.4 Å². The number of rotatable bonds is 4. The van der Waals surface area contributed by atoms with Gasteiger partial charge in [-0.3, -0.25) is 0 Å². The second-order valence-corrected chi connectivity index (χ2v) is 2.84. The number of alkyl halides is 4. The second kappa shape index (κ2) is 4.79. The highest BCUT2D eigenvalue weighted by Gasteiger charge is 2.41. The maximum atomic E-state index is 12.4. The SMILES string of the molecule is N#Cc1ccnc(OCC(F)(F)C(F)F)c1. The van der Waals surface area contributed by atoms with E-state index in [0.717, 1.165) is 12.3 Å². The molecule has 0 fully saturated rings. The Morgan fingerprint density at radius 1 is 1.50 bits per heavy atom. The van der Waals surface area contributed by atoms with Crippen LogP contribution in [0.5, 0.6) is 5.88 Å². The molecule has 0 amide bonds. The zero-order valence-corrected chi connectivity index (χ0v) is 7.83. The van der Waals surface area contributed by atoms with Gasteiger partial charge in [0.05, 0.1) is 11.6 Å². The number of ether oxygens (including phenoxy) is 1. The maximum absolute atomic E-state index is 12.4. The smallest absolute Gasteiger partial charge is 0.340 e. The molecule has 0 bridgehead atoms. The number of hydrogen-bond acceptors (Lipinski definition) is 3. The van der Waals surface area contributed by atoms with Crippen LogP contribution in [-0.2, 0) is 0 Å². The third kappa shape index (κ3) is 3.08. The van der Waals surface area contributed by atoms with Crippen molar-refractivity contribution in [1.82, 2.24) is 4.98 Å². The summed E-state index contributed by atoms with van der Waals surface area (Å²) in [6.07, 6.45) is -2.64. The molecule has 0 spiro atoms. The molecule has 1 rings (SSSR count). The summed E-state index contributed by atoms with van der Waals surface area (Å²) in [6.45, 7) is -1.48. The summed E-state index contributed by atoms with van der Waals surface area (Å²) >= 11 is 0. The summed E-state index contributed by atoms with van der Waals surface area (Å²) in [4.78, 5) is 3.50. The fourth-order valence-corrected chi connectivity index (χ4v) is 0.791. The zero-order chi connectivity index (χ0) is 12.2. The Morgan fingerprint density at radius 2 is 2.19 bits per heavy atom. The van der Waals surface area contributed by atoms with Crippen LogP contribution in [0.15, 0.2) is 18.3 Å². The molecule has 0 aliphatic carbocycles. The van der Waals surface area contributed by atoms with E-state index in [0.29, 0.717) is 0 Å². The molecule has 0 aliphatic rings. The van der Waals surface area contributed by atoms with E-state index >= 15 is 0 Å². The van der Waals surface area contributed by atoms with Crippen LogP contribution in [0.4, 0.5) is 17.6 Å². The Morgan fingerprint density at radius 3 is 2.75 bits per heavy atom. The van der Waals surface area contributed by atoms with Crippen molar-refractivity contribution in [2.24, 2.45) is 0 Å². The maximum Gasteiger partial charge on any atom is 0.340 e. The van der Waals surface area contributed by atoms with Gasteiger partial charge in [-0.05, 0) is 6.07 Å². The molecule has 0 unspecified atom stereocenters. The Labute approximate surface area is 88.3 Å². The van der Waals surface area contributed by atoms with E-state index in [1.54, 1.807) is 6.07 Å². The van der Waals surface area contributed by atoms with Crippen molar-refractivity contribution in [3.05, 3.63) is 23.9 Å². The number of nitriles is 1. The molecule has 0 radical (unpaired) electrons. The van der Waals surface area contributed by atoms with Crippen molar-refractivity contribution >= 4 is 0 Å². The van der Waals surface area contributed by atoms with Crippen LogP contribution < -0.4 is 4.74 Å². The molecule has 0 aromatic carbocycles. The van der Waals surface area contributed by atoms with Crippen molar-refractivity contribution < 1.29 is 22.3 Å². The van der Waals surface area contributed by atoms with E-state index < -0.39 is 19.0 Å². The minimum Gasteiger partial charge on any atom is -0.471 e. The fraction of sp³-hybridized carbons (Fsp3) is 0.333. The number of pyridine rings is 1. The van der Waals surface area contributed by atoms with Crippen molar-refractivity contribution in [2.45, 2.75) is 12.3 Å². The van der Waals surface area contributed by atoms with Gasteiger partial charge in [-0.15, -0.1) is 0 Å². The molecule has 1 heterocycles. The van der Waals surface area contributed by atoms with E-state index in [1.165, 1.54) is 6.07 Å². The first-order valence-electron chi connectivity index (χ1n) is 4.10. The van der Waals surface area contributed by atoms with Crippen LogP contribution in [0.2, 0.25) is 0 Å². The summed E-state index contributed by atoms with van der Waals surface area (Å²) in [5.41, 5.74) is 0.144. The van der Waals surface area contributed by atoms with Gasteiger partial charge in [0.15, 0.2) is 6.61 Å². The lowest BCUT2D eigenvalue weighted by atomic mass is 10.3. The highest BCUT2D eigenvalue weighted by molar-refractivity contribution is 5.31. The minimum atomic E-state index is -4.23. The predicted molar refractivity (Wildman–Crippen MR) is 45.4 cm³/mol. The van der Waals surface area contributed by atoms with Crippen molar-refractivity contribution in [2.75, 3.05) is 6.61 Å². The van der Waals surface area contributed by atoms with Crippen molar-refractivity contribution in [3.63, 3.8) is 0 Å². The molecule has 86 valence electrons. The molecule has 0 saturated heterocycles. The summed E-state index contributed by atoms with van der Waals surface area (Å²) < 4.78 is 52.8. The van der Waals surface area contributed by atoms with Gasteiger partial charge in [-0.2, -0.15) is 14.0 Å². The third-order valence-corrected chi connectivity index (χ3v) is 1.60. The lowest BCUT2D eigenvalue weighted by Crippen LogP contribution is -2.33. The summed E-state index contributed by atoms with van der Waals surface area (Å²) in [6, 6.07) is 4.15. The van der Waals surface area contributed by atoms with Gasteiger partial charge in [-0.25, -0.2) is 13.8 Å². The van der Waals surface area contributed by atoms with Crippen LogP contribution in [0.3, 0.4) is 0 Å². The first-order valence-corrected chi connectivity index (χ1v) is 4.10. The molecule has 1 aromatic rings. The number of nitrogens with zero attached hydrogens (tertiary/aromatic N) is 2. The average Bonchev–Trinajstić information content (AvgIpc) is 2.26. The van der Waals surface area contributed by atoms with Crippen LogP contribution in [-0.4, -0.2) is 23.9 Å². The number of hydrogen-bond donors (Lipinski definition) is 0. The van der Waals surface area contributed by atoms with E-state index in [9.17, 15) is 17.6 Å². The highest BCUT2D eigenvalue weighted by atomic mass is 19.3. The molecule has 1 aromatic heterocycles. The van der Waals surface area contributed by atoms with Gasteiger partial charge in [-0.1, -0.05) is 0 Å². The second-order valence-electron chi connectivity index (χ2n) is 2.84. The molecule has 0 aliphatic heterocycles. The molecule has 0 N–H and O–H groups in total. The van der Waals surface area contributed by atoms with Crippen LogP contribution in [0.25, 0.3) is 0 Å². The lowest BCUT2D eigenvalue weighted by molar-refractivity contribution is -0.148. The zero-order valence-electron chi connectivity index (χ0n) is 7.83.